The molecule has 0 bridgehead atoms. The summed E-state index contributed by atoms with van der Waals surface area (Å²) in [5.74, 6) is 0.945. The molecule has 15 heavy (non-hydrogen) atoms. The van der Waals surface area contributed by atoms with Gasteiger partial charge in [-0.2, -0.15) is 0 Å². The van der Waals surface area contributed by atoms with E-state index in [1.165, 1.54) is 58.0 Å². The van der Waals surface area contributed by atoms with E-state index in [4.69, 9.17) is 0 Å². The number of hydrogen-bond donors (Lipinski definition) is 1. The first kappa shape index (κ1) is 11.4. The number of rotatable bonds is 3. The van der Waals surface area contributed by atoms with Gasteiger partial charge in [0.25, 0.3) is 0 Å². The zero-order chi connectivity index (χ0) is 10.7. The van der Waals surface area contributed by atoms with Crippen molar-refractivity contribution in [2.24, 2.45) is 5.92 Å². The zero-order valence-corrected chi connectivity index (χ0v) is 10.4. The molecule has 1 atom stereocenters. The Labute approximate surface area is 94.4 Å². The molecule has 0 radical (unpaired) electrons. The molecule has 2 fully saturated rings. The summed E-state index contributed by atoms with van der Waals surface area (Å²) < 4.78 is 0. The van der Waals surface area contributed by atoms with Crippen molar-refractivity contribution in [3.63, 3.8) is 0 Å². The van der Waals surface area contributed by atoms with Crippen LogP contribution < -0.4 is 5.32 Å². The van der Waals surface area contributed by atoms with Gasteiger partial charge in [0.1, 0.15) is 0 Å². The predicted octanol–water partition coefficient (Wildman–Crippen LogP) is 2.25. The molecule has 0 aromatic carbocycles. The zero-order valence-electron chi connectivity index (χ0n) is 10.4. The van der Waals surface area contributed by atoms with Crippen LogP contribution in [0.15, 0.2) is 0 Å². The van der Waals surface area contributed by atoms with Crippen LogP contribution in [-0.2, 0) is 0 Å². The number of nitrogens with zero attached hydrogens (tertiary/aromatic N) is 1. The summed E-state index contributed by atoms with van der Waals surface area (Å²) in [7, 11) is 4.43. The fourth-order valence-corrected chi connectivity index (χ4v) is 3.65. The number of piperidine rings is 1. The van der Waals surface area contributed by atoms with Gasteiger partial charge in [-0.3, -0.25) is 0 Å². The van der Waals surface area contributed by atoms with Crippen LogP contribution in [0.3, 0.4) is 0 Å². The smallest absolute Gasteiger partial charge is 0.0336 e. The molecule has 2 nitrogen and oxygen atoms in total. The summed E-state index contributed by atoms with van der Waals surface area (Å²) in [6.45, 7) is 2.47. The second-order valence-electron chi connectivity index (χ2n) is 5.76. The van der Waals surface area contributed by atoms with Crippen LogP contribution >= 0.6 is 0 Å². The Kier molecular flexibility index (Phi) is 3.68. The van der Waals surface area contributed by atoms with Crippen LogP contribution in [0.5, 0.6) is 0 Å². The average Bonchev–Trinajstić information content (AvgIpc) is 2.71. The van der Waals surface area contributed by atoms with Gasteiger partial charge in [0.2, 0.25) is 0 Å². The number of hydrogen-bond acceptors (Lipinski definition) is 2. The summed E-state index contributed by atoms with van der Waals surface area (Å²) in [5.41, 5.74) is 0.457. The molecule has 1 aliphatic carbocycles. The van der Waals surface area contributed by atoms with Gasteiger partial charge in [-0.1, -0.05) is 19.3 Å². The van der Waals surface area contributed by atoms with E-state index in [1.807, 2.05) is 0 Å². The Morgan fingerprint density at radius 1 is 1.13 bits per heavy atom. The number of likely N-dealkylation sites (N-methyl/N-ethyl adjacent to an activating group) is 1. The summed E-state index contributed by atoms with van der Waals surface area (Å²) in [5, 5.41) is 3.86. The Morgan fingerprint density at radius 3 is 2.40 bits per heavy atom. The van der Waals surface area contributed by atoms with Crippen molar-refractivity contribution in [2.45, 2.75) is 50.5 Å². The highest BCUT2D eigenvalue weighted by molar-refractivity contribution is 4.99. The minimum Gasteiger partial charge on any atom is -0.310 e. The molecule has 0 aromatic rings. The van der Waals surface area contributed by atoms with Gasteiger partial charge in [0, 0.05) is 12.1 Å². The summed E-state index contributed by atoms with van der Waals surface area (Å²) in [4.78, 5) is 2.37. The second-order valence-corrected chi connectivity index (χ2v) is 5.76. The lowest BCUT2D eigenvalue weighted by molar-refractivity contribution is 0.121. The molecule has 1 saturated heterocycles. The van der Waals surface area contributed by atoms with Crippen molar-refractivity contribution in [2.75, 3.05) is 27.2 Å². The van der Waals surface area contributed by atoms with Gasteiger partial charge in [-0.15, -0.1) is 0 Å². The highest BCUT2D eigenvalue weighted by Gasteiger charge is 2.40. The molecule has 1 unspecified atom stereocenters. The van der Waals surface area contributed by atoms with Crippen LogP contribution in [0.4, 0.5) is 0 Å². The van der Waals surface area contributed by atoms with Gasteiger partial charge in [0.15, 0.2) is 0 Å². The van der Waals surface area contributed by atoms with Gasteiger partial charge in [-0.05, 0) is 52.2 Å². The van der Waals surface area contributed by atoms with Crippen molar-refractivity contribution in [3.05, 3.63) is 0 Å². The fraction of sp³-hybridized carbons (Fsp3) is 1.00. The monoisotopic (exact) mass is 210 g/mol. The van der Waals surface area contributed by atoms with E-state index < -0.39 is 0 Å². The SMILES string of the molecule is CN(C)CC1(C2CCCC2)CCCCN1. The number of nitrogens with one attached hydrogen (secondary N) is 1. The molecule has 2 rings (SSSR count). The molecule has 2 heteroatoms. The molecule has 1 N–H and O–H groups in total. The highest BCUT2D eigenvalue weighted by Crippen LogP contribution is 2.38. The van der Waals surface area contributed by atoms with Crippen LogP contribution in [0.2, 0.25) is 0 Å². The molecule has 1 heterocycles. The topological polar surface area (TPSA) is 15.3 Å². The largest absolute Gasteiger partial charge is 0.310 e. The molecule has 1 aliphatic heterocycles. The third-order valence-corrected chi connectivity index (χ3v) is 4.26. The lowest BCUT2D eigenvalue weighted by Crippen LogP contribution is -2.58. The maximum absolute atomic E-state index is 3.86. The first-order valence-electron chi connectivity index (χ1n) is 6.63. The average molecular weight is 210 g/mol. The van der Waals surface area contributed by atoms with Crippen LogP contribution in [0.1, 0.15) is 44.9 Å². The summed E-state index contributed by atoms with van der Waals surface area (Å²) in [6.07, 6.45) is 10.0. The molecular formula is C13H26N2. The van der Waals surface area contributed by atoms with Crippen molar-refractivity contribution < 1.29 is 0 Å². The Morgan fingerprint density at radius 2 is 1.87 bits per heavy atom. The van der Waals surface area contributed by atoms with Gasteiger partial charge >= 0.3 is 0 Å². The molecule has 88 valence electrons. The van der Waals surface area contributed by atoms with Crippen molar-refractivity contribution in [1.82, 2.24) is 10.2 Å². The van der Waals surface area contributed by atoms with Crippen molar-refractivity contribution in [3.8, 4) is 0 Å². The first-order valence-corrected chi connectivity index (χ1v) is 6.63. The van der Waals surface area contributed by atoms with Gasteiger partial charge in [-0.25, -0.2) is 0 Å². The van der Waals surface area contributed by atoms with Crippen LogP contribution in [-0.4, -0.2) is 37.6 Å². The molecular weight excluding hydrogens is 184 g/mol. The van der Waals surface area contributed by atoms with E-state index in [-0.39, 0.29) is 0 Å². The summed E-state index contributed by atoms with van der Waals surface area (Å²) >= 11 is 0. The molecule has 0 spiro atoms. The maximum Gasteiger partial charge on any atom is 0.0336 e. The Hall–Kier alpha value is -0.0800. The third-order valence-electron chi connectivity index (χ3n) is 4.26. The van der Waals surface area contributed by atoms with E-state index in [9.17, 15) is 0 Å². The lowest BCUT2D eigenvalue weighted by Gasteiger charge is -2.45. The van der Waals surface area contributed by atoms with Gasteiger partial charge < -0.3 is 10.2 Å². The molecule has 0 aromatic heterocycles. The van der Waals surface area contributed by atoms with Crippen LogP contribution in [0.25, 0.3) is 0 Å². The normalized spacial score (nSPS) is 33.8. The minimum atomic E-state index is 0.457. The Bertz CT molecular complexity index is 189. The standard InChI is InChI=1S/C13H26N2/c1-15(2)11-13(9-5-6-10-14-13)12-7-3-4-8-12/h12,14H,3-11H2,1-2H3. The van der Waals surface area contributed by atoms with E-state index in [2.05, 4.69) is 24.3 Å². The fourth-order valence-electron chi connectivity index (χ4n) is 3.65. The van der Waals surface area contributed by atoms with E-state index >= 15 is 0 Å². The molecule has 0 amide bonds. The third kappa shape index (κ3) is 2.54. The van der Waals surface area contributed by atoms with Crippen molar-refractivity contribution in [1.29, 1.82) is 0 Å². The van der Waals surface area contributed by atoms with Gasteiger partial charge in [0.05, 0.1) is 0 Å². The predicted molar refractivity (Wildman–Crippen MR) is 65.1 cm³/mol. The van der Waals surface area contributed by atoms with E-state index in [0.29, 0.717) is 5.54 Å². The lowest BCUT2D eigenvalue weighted by atomic mass is 9.76. The first-order chi connectivity index (χ1) is 7.23. The second kappa shape index (κ2) is 4.84. The van der Waals surface area contributed by atoms with E-state index in [1.54, 1.807) is 0 Å². The summed E-state index contributed by atoms with van der Waals surface area (Å²) in [6, 6.07) is 0. The van der Waals surface area contributed by atoms with E-state index in [0.717, 1.165) is 5.92 Å². The quantitative estimate of drug-likeness (QED) is 0.768. The minimum absolute atomic E-state index is 0.457. The van der Waals surface area contributed by atoms with Crippen molar-refractivity contribution >= 4 is 0 Å². The van der Waals surface area contributed by atoms with Crippen LogP contribution in [0, 0.1) is 5.92 Å². The molecule has 2 aliphatic rings. The maximum atomic E-state index is 3.86. The molecule has 1 saturated carbocycles. The highest BCUT2D eigenvalue weighted by atomic mass is 15.1. The Balaban J connectivity index is 2.05.